The Morgan fingerprint density at radius 3 is 1.03 bits per heavy atom. The molecule has 0 saturated heterocycles. The van der Waals surface area contributed by atoms with Gasteiger partial charge in [0.2, 0.25) is 58.0 Å². The van der Waals surface area contributed by atoms with Gasteiger partial charge in [0, 0.05) is 121 Å². The van der Waals surface area contributed by atoms with E-state index in [4.69, 9.17) is 14.0 Å². The van der Waals surface area contributed by atoms with Gasteiger partial charge in [0.25, 0.3) is 29.5 Å². The summed E-state index contributed by atoms with van der Waals surface area (Å²) < 4.78 is 170. The smallest absolute Gasteiger partial charge is 0.360 e. The lowest BCUT2D eigenvalue weighted by atomic mass is 10.0. The fraction of sp³-hybridized carbons (Fsp3) is 0.193. The van der Waals surface area contributed by atoms with Crippen molar-refractivity contribution in [1.29, 1.82) is 0 Å². The van der Waals surface area contributed by atoms with E-state index in [0.717, 1.165) is 5.69 Å². The number of hydrogen-bond acceptors (Lipinski definition) is 29. The predicted molar refractivity (Wildman–Crippen MR) is 408 cm³/mol. The van der Waals surface area contributed by atoms with Crippen LogP contribution >= 0.6 is 0 Å². The monoisotopic (exact) mass is 1700 g/mol. The van der Waals surface area contributed by atoms with Crippen LogP contribution in [0.15, 0.2) is 228 Å². The molecule has 123 heavy (non-hydrogen) atoms. The van der Waals surface area contributed by atoms with E-state index in [1.54, 1.807) is 170 Å². The second-order valence-corrected chi connectivity index (χ2v) is 26.4. The number of carbonyl (C=O) groups is 6. The summed E-state index contributed by atoms with van der Waals surface area (Å²) in [7, 11) is 1.51. The molecule has 0 saturated carbocycles. The molecule has 0 aliphatic carbocycles. The fourth-order valence-corrected chi connectivity index (χ4v) is 10.3. The summed E-state index contributed by atoms with van der Waals surface area (Å²) in [6.07, 6.45) is 6.17. The maximum atomic E-state index is 13.2. The molecule has 15 aromatic rings. The third-order valence-corrected chi connectivity index (χ3v) is 16.7. The summed E-state index contributed by atoms with van der Waals surface area (Å²) in [5.74, 6) is -21.4. The van der Waals surface area contributed by atoms with Gasteiger partial charge in [-0.2, -0.15) is 73.9 Å². The molecule has 0 atom stereocenters. The average molecular weight is 1700 g/mol. The van der Waals surface area contributed by atoms with Crippen molar-refractivity contribution < 1.29 is 109 Å². The number of pyridine rings is 3. The van der Waals surface area contributed by atoms with Gasteiger partial charge in [0.15, 0.2) is 11.5 Å². The number of hydrogen-bond donors (Lipinski definition) is 0. The number of ether oxygens (including phenoxy) is 2. The number of nitrogens with zero attached hydrogens (tertiary/aromatic N) is 16. The minimum Gasteiger partial charge on any atom is -0.495 e. The Bertz CT molecular complexity index is 6170. The Hall–Kier alpha value is -15.4. The topological polar surface area (TPSA) is 398 Å². The number of aromatic nitrogens is 16. The molecule has 0 N–H and O–H groups in total. The van der Waals surface area contributed by atoms with Gasteiger partial charge < -0.3 is 36.6 Å². The van der Waals surface area contributed by atoms with Gasteiger partial charge in [-0.05, 0) is 57.2 Å². The first-order valence-electron chi connectivity index (χ1n) is 36.2. The van der Waals surface area contributed by atoms with Gasteiger partial charge in [-0.25, -0.2) is 14.8 Å². The molecule has 10 aromatic heterocycles. The summed E-state index contributed by atoms with van der Waals surface area (Å²) in [6, 6.07) is 45.5. The largest absolute Gasteiger partial charge is 0.495 e. The number of aryl methyl sites for hydroxylation is 2. The molecule has 5 aromatic carbocycles. The van der Waals surface area contributed by atoms with Gasteiger partial charge in [-0.1, -0.05) is 164 Å². The molecule has 40 heteroatoms. The molecular weight excluding hydrogens is 1630 g/mol. The standard InChI is InChI=1S/C17H13F2N3O5.C17H13F2N3O3.C17H13F2N3O2.C16H14F2N4O2.C16H11F2N3O2/c1-3-25-15(24)11-8-12(26-21-11)13(23)9-4-6-10(7-5-9)14-20-16(27-22-14)17(2,18)19;1-17(18,19)16-21-15(22-25-16)11-5-3-10(4-6-11)14(23)13-8-7-12(24-2)9-20-13;1-10-4-3-5-13(20-10)14(23)11-6-8-12(9-7-11)15-21-16(24-22-15)17(2,18)19;1-3-22-9-12(8-19-22)13(23)10-4-6-11(7-5-10)14-20-15(24-21-14)16(2,17)18;1-16(17,18)15-20-14(21-23-15)11-7-5-10(6-8-11)13(22)12-4-2-3-9-19-12/h4-8H,3H2,1-2H3;3-9H,1-2H3;3-9H,1-2H3;4-9H,3H2,1-2H3;2-9H,1H3. The SMILES string of the molecule is CC(F)(F)c1nc(-c2ccc(C(=O)c3ccccn3)cc2)no1.CCOC(=O)c1cc(C(=O)c2ccc(-c3noc(C(C)(F)F)n3)cc2)on1.CCn1cc(C(=O)c2ccc(-c3noc(C(C)(F)F)n3)cc2)cn1.COc1ccc(C(=O)c2ccc(-c3noc(C(C)(F)F)n3)cc2)nc1.Cc1cccc(C(=O)c2ccc(-c3noc(C(C)(F)F)n3)cc2)n1. The molecule has 0 fully saturated rings. The molecule has 15 rings (SSSR count). The van der Waals surface area contributed by atoms with Crippen molar-refractivity contribution in [3.8, 4) is 62.7 Å². The van der Waals surface area contributed by atoms with Gasteiger partial charge in [0.1, 0.15) is 22.8 Å². The molecule has 30 nitrogen and oxygen atoms in total. The third-order valence-electron chi connectivity index (χ3n) is 16.7. The second-order valence-electron chi connectivity index (χ2n) is 26.4. The summed E-state index contributed by atoms with van der Waals surface area (Å²) in [4.78, 5) is 104. The van der Waals surface area contributed by atoms with Crippen LogP contribution in [0.1, 0.15) is 174 Å². The van der Waals surface area contributed by atoms with Crippen molar-refractivity contribution in [2.45, 2.75) is 91.5 Å². The molecule has 0 aliphatic heterocycles. The number of methoxy groups -OCH3 is 1. The lowest BCUT2D eigenvalue weighted by Gasteiger charge is -2.03. The lowest BCUT2D eigenvalue weighted by Crippen LogP contribution is -2.07. The van der Waals surface area contributed by atoms with Crippen molar-refractivity contribution in [2.24, 2.45) is 0 Å². The number of halogens is 10. The highest BCUT2D eigenvalue weighted by Gasteiger charge is 2.37. The van der Waals surface area contributed by atoms with Gasteiger partial charge in [-0.15, -0.1) is 0 Å². The Balaban J connectivity index is 0.000000150. The zero-order valence-corrected chi connectivity index (χ0v) is 65.6. The first-order chi connectivity index (χ1) is 58.3. The number of rotatable bonds is 24. The summed E-state index contributed by atoms with van der Waals surface area (Å²) in [5.41, 5.74) is 6.27. The molecule has 0 aliphatic rings. The molecule has 630 valence electrons. The van der Waals surface area contributed by atoms with Crippen LogP contribution in [0.5, 0.6) is 5.75 Å². The van der Waals surface area contributed by atoms with Crippen LogP contribution in [0.3, 0.4) is 0 Å². The van der Waals surface area contributed by atoms with E-state index in [-0.39, 0.29) is 81.6 Å². The van der Waals surface area contributed by atoms with Crippen molar-refractivity contribution in [1.82, 2.24) is 80.6 Å². The molecule has 0 bridgehead atoms. The Morgan fingerprint density at radius 2 is 0.724 bits per heavy atom. The first-order valence-corrected chi connectivity index (χ1v) is 36.2. The maximum absolute atomic E-state index is 13.2. The maximum Gasteiger partial charge on any atom is 0.360 e. The van der Waals surface area contributed by atoms with Gasteiger partial charge in [0.05, 0.1) is 31.7 Å². The summed E-state index contributed by atoms with van der Waals surface area (Å²) in [5, 5.41) is 25.2. The van der Waals surface area contributed by atoms with Crippen LogP contribution < -0.4 is 4.74 Å². The van der Waals surface area contributed by atoms with Crippen LogP contribution in [0.25, 0.3) is 56.9 Å². The zero-order chi connectivity index (χ0) is 88.7. The van der Waals surface area contributed by atoms with Crippen LogP contribution in [-0.2, 0) is 40.9 Å². The highest BCUT2D eigenvalue weighted by molar-refractivity contribution is 6.10. The molecule has 0 unspecified atom stereocenters. The van der Waals surface area contributed by atoms with E-state index in [0.29, 0.717) is 114 Å². The molecule has 0 radical (unpaired) electrons. The molecule has 0 amide bonds. The normalized spacial score (nSPS) is 11.5. The summed E-state index contributed by atoms with van der Waals surface area (Å²) >= 11 is 0. The van der Waals surface area contributed by atoms with Crippen LogP contribution in [0.4, 0.5) is 43.9 Å². The highest BCUT2D eigenvalue weighted by atomic mass is 19.3. The Labute approximate surface area is 687 Å². The number of benzene rings is 5. The number of carbonyl (C=O) groups excluding carboxylic acids is 6. The highest BCUT2D eigenvalue weighted by Crippen LogP contribution is 2.34. The van der Waals surface area contributed by atoms with E-state index >= 15 is 0 Å². The van der Waals surface area contributed by atoms with E-state index in [1.165, 1.54) is 56.0 Å². The van der Waals surface area contributed by atoms with Gasteiger partial charge in [-0.3, -0.25) is 33.6 Å². The predicted octanol–water partition coefficient (Wildman–Crippen LogP) is 17.3. The van der Waals surface area contributed by atoms with E-state index in [9.17, 15) is 72.7 Å². The zero-order valence-electron chi connectivity index (χ0n) is 65.6. The Kier molecular flexibility index (Phi) is 27.1. The third kappa shape index (κ3) is 22.7. The van der Waals surface area contributed by atoms with E-state index in [1.807, 2.05) is 6.92 Å². The average Bonchev–Trinajstić information content (AvgIpc) is 1.74. The second kappa shape index (κ2) is 37.7. The van der Waals surface area contributed by atoms with E-state index < -0.39 is 70.8 Å². The minimum absolute atomic E-state index is 0.0260. The number of alkyl halides is 10. The lowest BCUT2D eigenvalue weighted by molar-refractivity contribution is -0.0162. The van der Waals surface area contributed by atoms with Crippen LogP contribution in [0.2, 0.25) is 0 Å². The quantitative estimate of drug-likeness (QED) is 0.0308. The van der Waals surface area contributed by atoms with Crippen molar-refractivity contribution in [3.63, 3.8) is 0 Å². The van der Waals surface area contributed by atoms with Crippen molar-refractivity contribution in [3.05, 3.63) is 298 Å². The summed E-state index contributed by atoms with van der Waals surface area (Å²) in [6.45, 7) is 9.57. The molecular formula is C83H64F10N16O14. The first kappa shape index (κ1) is 88.4. The number of esters is 1. The van der Waals surface area contributed by atoms with E-state index in [2.05, 4.69) is 98.5 Å². The van der Waals surface area contributed by atoms with Crippen molar-refractivity contribution in [2.75, 3.05) is 13.7 Å². The molecule has 10 heterocycles. The van der Waals surface area contributed by atoms with Crippen LogP contribution in [0, 0.1) is 6.92 Å². The minimum atomic E-state index is -3.25. The van der Waals surface area contributed by atoms with Crippen molar-refractivity contribution >= 4 is 34.9 Å². The van der Waals surface area contributed by atoms with Crippen LogP contribution in [-0.4, -0.2) is 129 Å². The number of ketones is 5. The van der Waals surface area contributed by atoms with Gasteiger partial charge >= 0.3 is 35.6 Å². The fourth-order valence-electron chi connectivity index (χ4n) is 10.3. The Morgan fingerprint density at radius 1 is 0.366 bits per heavy atom. The molecule has 0 spiro atoms.